The number of alkyl halides is 1. The number of hydrogen-bond donors (Lipinski definition) is 0. The van der Waals surface area contributed by atoms with Crippen LogP contribution in [0.4, 0.5) is 9.59 Å². The molecule has 0 aromatic heterocycles. The standard InChI is InChI=1S/C17H26ClNO5/c1-16(2,3)23-14(20)19-12-9-17(10-13-19,24-15(21)22-4)8-6-5-7-11-18/h5,7,9-13H2,1-4H3. The summed E-state index contributed by atoms with van der Waals surface area (Å²) < 4.78 is 15.3. The van der Waals surface area contributed by atoms with E-state index in [1.165, 1.54) is 7.11 Å². The molecule has 1 aliphatic rings. The average molecular weight is 360 g/mol. The third-order valence-corrected chi connectivity index (χ3v) is 3.69. The van der Waals surface area contributed by atoms with Crippen LogP contribution in [0.25, 0.3) is 0 Å². The molecule has 0 aliphatic carbocycles. The lowest BCUT2D eigenvalue weighted by Crippen LogP contribution is -2.49. The molecule has 6 nitrogen and oxygen atoms in total. The maximum atomic E-state index is 12.1. The van der Waals surface area contributed by atoms with Crippen LogP contribution in [0.1, 0.15) is 46.5 Å². The maximum absolute atomic E-state index is 12.1. The highest BCUT2D eigenvalue weighted by Gasteiger charge is 2.39. The molecular formula is C17H26ClNO5. The van der Waals surface area contributed by atoms with Gasteiger partial charge in [-0.15, -0.1) is 11.6 Å². The molecule has 7 heteroatoms. The summed E-state index contributed by atoms with van der Waals surface area (Å²) in [6.45, 7) is 6.26. The average Bonchev–Trinajstić information content (AvgIpc) is 2.50. The second kappa shape index (κ2) is 9.03. The normalized spacial score (nSPS) is 16.6. The number of carbonyl (C=O) groups is 2. The summed E-state index contributed by atoms with van der Waals surface area (Å²) in [4.78, 5) is 25.3. The molecule has 24 heavy (non-hydrogen) atoms. The largest absolute Gasteiger partial charge is 0.509 e. The molecule has 0 unspecified atom stereocenters. The zero-order chi connectivity index (χ0) is 18.2. The Morgan fingerprint density at radius 1 is 1.25 bits per heavy atom. The molecule has 136 valence electrons. The highest BCUT2D eigenvalue weighted by Crippen LogP contribution is 2.27. The summed E-state index contributed by atoms with van der Waals surface area (Å²) in [5.41, 5.74) is -1.48. The van der Waals surface area contributed by atoms with Crippen LogP contribution >= 0.6 is 11.6 Å². The molecule has 0 radical (unpaired) electrons. The number of hydrogen-bond acceptors (Lipinski definition) is 5. The Hall–Kier alpha value is -1.61. The number of nitrogens with zero attached hydrogens (tertiary/aromatic N) is 1. The highest BCUT2D eigenvalue weighted by molar-refractivity contribution is 6.17. The van der Waals surface area contributed by atoms with E-state index in [1.807, 2.05) is 20.8 Å². The van der Waals surface area contributed by atoms with E-state index in [9.17, 15) is 9.59 Å². The van der Waals surface area contributed by atoms with Crippen LogP contribution in [0.2, 0.25) is 0 Å². The van der Waals surface area contributed by atoms with Crippen molar-refractivity contribution in [3.05, 3.63) is 0 Å². The van der Waals surface area contributed by atoms with Crippen LogP contribution < -0.4 is 0 Å². The molecule has 1 rings (SSSR count). The Morgan fingerprint density at radius 2 is 1.88 bits per heavy atom. The molecule has 1 amide bonds. The van der Waals surface area contributed by atoms with Gasteiger partial charge < -0.3 is 19.1 Å². The van der Waals surface area contributed by atoms with Crippen molar-refractivity contribution >= 4 is 23.8 Å². The first kappa shape index (κ1) is 20.4. The summed E-state index contributed by atoms with van der Waals surface area (Å²) in [5, 5.41) is 0. The van der Waals surface area contributed by atoms with Crippen molar-refractivity contribution < 1.29 is 23.8 Å². The number of rotatable bonds is 3. The molecule has 0 N–H and O–H groups in total. The summed E-state index contributed by atoms with van der Waals surface area (Å²) >= 11 is 5.64. The van der Waals surface area contributed by atoms with Crippen molar-refractivity contribution in [1.29, 1.82) is 0 Å². The Balaban J connectivity index is 2.73. The molecule has 0 saturated carbocycles. The van der Waals surface area contributed by atoms with Crippen molar-refractivity contribution in [2.45, 2.75) is 57.7 Å². The molecule has 0 spiro atoms. The van der Waals surface area contributed by atoms with Crippen LogP contribution in [0.15, 0.2) is 0 Å². The number of likely N-dealkylation sites (tertiary alicyclic amines) is 1. The van der Waals surface area contributed by atoms with Crippen LogP contribution in [0, 0.1) is 11.8 Å². The molecule has 0 aromatic carbocycles. The summed E-state index contributed by atoms with van der Waals surface area (Å²) in [6, 6.07) is 0. The first-order valence-corrected chi connectivity index (χ1v) is 8.56. The van der Waals surface area contributed by atoms with Gasteiger partial charge >= 0.3 is 12.2 Å². The van der Waals surface area contributed by atoms with Crippen molar-refractivity contribution in [1.82, 2.24) is 4.90 Å². The van der Waals surface area contributed by atoms with E-state index in [1.54, 1.807) is 4.90 Å². The van der Waals surface area contributed by atoms with Crippen molar-refractivity contribution in [3.63, 3.8) is 0 Å². The van der Waals surface area contributed by atoms with E-state index in [4.69, 9.17) is 21.1 Å². The quantitative estimate of drug-likeness (QED) is 0.333. The van der Waals surface area contributed by atoms with Crippen LogP contribution in [0.5, 0.6) is 0 Å². The minimum atomic E-state index is -0.933. The fraction of sp³-hybridized carbons (Fsp3) is 0.765. The summed E-state index contributed by atoms with van der Waals surface area (Å²) in [6.07, 6.45) is 1.08. The second-order valence-electron chi connectivity index (χ2n) is 6.61. The van der Waals surface area contributed by atoms with E-state index in [0.717, 1.165) is 6.42 Å². The van der Waals surface area contributed by atoms with Gasteiger partial charge in [0.1, 0.15) is 5.60 Å². The molecule has 0 aromatic rings. The zero-order valence-electron chi connectivity index (χ0n) is 14.8. The van der Waals surface area contributed by atoms with Gasteiger partial charge in [-0.3, -0.25) is 0 Å². The lowest BCUT2D eigenvalue weighted by molar-refractivity contribution is -0.0338. The van der Waals surface area contributed by atoms with E-state index < -0.39 is 17.4 Å². The van der Waals surface area contributed by atoms with E-state index in [-0.39, 0.29) is 6.09 Å². The Morgan fingerprint density at radius 3 is 2.38 bits per heavy atom. The molecule has 0 bridgehead atoms. The first-order valence-electron chi connectivity index (χ1n) is 8.02. The highest BCUT2D eigenvalue weighted by atomic mass is 35.5. The van der Waals surface area contributed by atoms with Gasteiger partial charge in [-0.1, -0.05) is 11.8 Å². The number of piperidine rings is 1. The number of methoxy groups -OCH3 is 1. The Bertz CT molecular complexity index is 495. The Labute approximate surface area is 148 Å². The van der Waals surface area contributed by atoms with Gasteiger partial charge in [0.05, 0.1) is 7.11 Å². The van der Waals surface area contributed by atoms with E-state index >= 15 is 0 Å². The molecule has 1 aliphatic heterocycles. The van der Waals surface area contributed by atoms with Crippen LogP contribution in [-0.2, 0) is 14.2 Å². The Kier molecular flexibility index (Phi) is 7.68. The van der Waals surface area contributed by atoms with Gasteiger partial charge in [0.2, 0.25) is 0 Å². The molecular weight excluding hydrogens is 334 g/mol. The number of ether oxygens (including phenoxy) is 3. The fourth-order valence-electron chi connectivity index (χ4n) is 2.21. The predicted molar refractivity (Wildman–Crippen MR) is 91.0 cm³/mol. The number of amides is 1. The first-order chi connectivity index (χ1) is 11.2. The van der Waals surface area contributed by atoms with Gasteiger partial charge in [0, 0.05) is 38.2 Å². The minimum Gasteiger partial charge on any atom is -0.444 e. The van der Waals surface area contributed by atoms with Gasteiger partial charge in [0.25, 0.3) is 0 Å². The summed E-state index contributed by atoms with van der Waals surface area (Å²) in [5.74, 6) is 6.57. The zero-order valence-corrected chi connectivity index (χ0v) is 15.6. The lowest BCUT2D eigenvalue weighted by atomic mass is 9.91. The smallest absolute Gasteiger partial charge is 0.444 e. The topological polar surface area (TPSA) is 65.1 Å². The third kappa shape index (κ3) is 6.88. The molecule has 1 saturated heterocycles. The van der Waals surface area contributed by atoms with Gasteiger partial charge in [-0.25, -0.2) is 9.59 Å². The minimum absolute atomic E-state index is 0.371. The molecule has 1 fully saturated rings. The van der Waals surface area contributed by atoms with Gasteiger partial charge in [-0.2, -0.15) is 0 Å². The molecule has 0 atom stereocenters. The van der Waals surface area contributed by atoms with Gasteiger partial charge in [-0.05, 0) is 27.2 Å². The van der Waals surface area contributed by atoms with Gasteiger partial charge in [0.15, 0.2) is 5.60 Å². The molecule has 1 heterocycles. The van der Waals surface area contributed by atoms with Crippen molar-refractivity contribution in [2.24, 2.45) is 0 Å². The monoisotopic (exact) mass is 359 g/mol. The fourth-order valence-corrected chi connectivity index (χ4v) is 2.34. The van der Waals surface area contributed by atoms with Crippen molar-refractivity contribution in [3.8, 4) is 11.8 Å². The predicted octanol–water partition coefficient (Wildman–Crippen LogP) is 3.56. The van der Waals surface area contributed by atoms with Crippen LogP contribution in [-0.4, -0.2) is 54.4 Å². The number of carbonyl (C=O) groups excluding carboxylic acids is 2. The van der Waals surface area contributed by atoms with Crippen molar-refractivity contribution in [2.75, 3.05) is 26.1 Å². The van der Waals surface area contributed by atoms with Crippen LogP contribution in [0.3, 0.4) is 0 Å². The number of unbranched alkanes of at least 4 members (excludes halogenated alkanes) is 1. The van der Waals surface area contributed by atoms with E-state index in [0.29, 0.717) is 38.2 Å². The lowest BCUT2D eigenvalue weighted by Gasteiger charge is -2.37. The SMILES string of the molecule is COC(=O)OC1(C#CCCCCl)CCN(C(=O)OC(C)(C)C)CC1. The second-order valence-corrected chi connectivity index (χ2v) is 6.99. The summed E-state index contributed by atoms with van der Waals surface area (Å²) in [7, 11) is 1.26. The third-order valence-electron chi connectivity index (χ3n) is 3.42. The maximum Gasteiger partial charge on any atom is 0.509 e. The number of halogens is 1. The van der Waals surface area contributed by atoms with E-state index in [2.05, 4.69) is 16.6 Å².